The van der Waals surface area contributed by atoms with E-state index in [1.807, 2.05) is 60.7 Å². The predicted octanol–water partition coefficient (Wildman–Crippen LogP) is 3.91. The molecule has 0 aliphatic heterocycles. The van der Waals surface area contributed by atoms with Crippen molar-refractivity contribution in [3.8, 4) is 5.75 Å². The van der Waals surface area contributed by atoms with Gasteiger partial charge in [-0.1, -0.05) is 42.5 Å². The Morgan fingerprint density at radius 1 is 0.933 bits per heavy atom. The van der Waals surface area contributed by atoms with E-state index in [2.05, 4.69) is 31.8 Å². The highest BCUT2D eigenvalue weighted by atomic mass is 79.9. The molecule has 0 saturated heterocycles. The van der Waals surface area contributed by atoms with Gasteiger partial charge in [0.05, 0.1) is 18.3 Å². The summed E-state index contributed by atoms with van der Waals surface area (Å²) in [5.41, 5.74) is 4.75. The zero-order chi connectivity index (χ0) is 21.2. The number of hydrogen-bond acceptors (Lipinski definition) is 4. The molecule has 0 saturated carbocycles. The molecule has 0 atom stereocenters. The molecule has 0 radical (unpaired) electrons. The van der Waals surface area contributed by atoms with Gasteiger partial charge in [-0.15, -0.1) is 0 Å². The minimum Gasteiger partial charge on any atom is -0.489 e. The fraction of sp³-hybridized carbons (Fsp3) is 0.0870. The van der Waals surface area contributed by atoms with E-state index in [1.165, 1.54) is 6.21 Å². The van der Waals surface area contributed by atoms with Crippen LogP contribution in [0.1, 0.15) is 21.5 Å². The molecular weight excluding hydrogens is 446 g/mol. The smallest absolute Gasteiger partial charge is 0.259 e. The average Bonchev–Trinajstić information content (AvgIpc) is 2.78. The molecule has 2 amide bonds. The van der Waals surface area contributed by atoms with Crippen molar-refractivity contribution in [3.05, 3.63) is 100 Å². The largest absolute Gasteiger partial charge is 0.489 e. The van der Waals surface area contributed by atoms with Crippen molar-refractivity contribution in [1.82, 2.24) is 10.7 Å². The summed E-state index contributed by atoms with van der Waals surface area (Å²) in [5, 5.41) is 6.46. The summed E-state index contributed by atoms with van der Waals surface area (Å²) in [6.07, 6.45) is 1.52. The molecule has 0 aliphatic carbocycles. The Bertz CT molecular complexity index is 1020. The van der Waals surface area contributed by atoms with Gasteiger partial charge in [-0.2, -0.15) is 5.10 Å². The Balaban J connectivity index is 1.41. The highest BCUT2D eigenvalue weighted by molar-refractivity contribution is 9.10. The molecule has 3 aromatic carbocycles. The molecule has 2 N–H and O–H groups in total. The Hall–Kier alpha value is -3.45. The van der Waals surface area contributed by atoms with Crippen molar-refractivity contribution in [2.45, 2.75) is 6.61 Å². The molecule has 0 aliphatic rings. The molecule has 7 heteroatoms. The summed E-state index contributed by atoms with van der Waals surface area (Å²) >= 11 is 3.30. The number of rotatable bonds is 8. The normalized spacial score (nSPS) is 10.6. The van der Waals surface area contributed by atoms with E-state index in [0.29, 0.717) is 16.6 Å². The van der Waals surface area contributed by atoms with Crippen LogP contribution in [0.25, 0.3) is 0 Å². The molecule has 0 unspecified atom stereocenters. The minimum absolute atomic E-state index is 0.177. The lowest BCUT2D eigenvalue weighted by Gasteiger charge is -2.06. The quantitative estimate of drug-likeness (QED) is 0.390. The summed E-state index contributed by atoms with van der Waals surface area (Å²) in [6.45, 7) is 0.319. The first-order valence-electron chi connectivity index (χ1n) is 9.23. The molecule has 3 aromatic rings. The van der Waals surface area contributed by atoms with Crippen molar-refractivity contribution in [2.75, 3.05) is 6.54 Å². The van der Waals surface area contributed by atoms with Gasteiger partial charge in [-0.05, 0) is 63.5 Å². The first-order chi connectivity index (χ1) is 14.6. The Morgan fingerprint density at radius 3 is 2.37 bits per heavy atom. The number of halogens is 1. The summed E-state index contributed by atoms with van der Waals surface area (Å²) in [4.78, 5) is 23.9. The minimum atomic E-state index is -0.422. The Kier molecular flexibility index (Phi) is 7.74. The predicted molar refractivity (Wildman–Crippen MR) is 119 cm³/mol. The number of carbonyl (C=O) groups is 2. The van der Waals surface area contributed by atoms with E-state index in [0.717, 1.165) is 16.9 Å². The first kappa shape index (κ1) is 21.3. The van der Waals surface area contributed by atoms with E-state index in [1.54, 1.807) is 18.2 Å². The lowest BCUT2D eigenvalue weighted by Crippen LogP contribution is -2.35. The maximum absolute atomic E-state index is 12.1. The van der Waals surface area contributed by atoms with Crippen molar-refractivity contribution < 1.29 is 14.3 Å². The van der Waals surface area contributed by atoms with Crippen molar-refractivity contribution in [2.24, 2.45) is 5.10 Å². The van der Waals surface area contributed by atoms with Crippen molar-refractivity contribution in [1.29, 1.82) is 0 Å². The van der Waals surface area contributed by atoms with Crippen LogP contribution in [0.3, 0.4) is 0 Å². The number of hydrogen-bond donors (Lipinski definition) is 2. The van der Waals surface area contributed by atoms with Crippen LogP contribution in [0.15, 0.2) is 88.4 Å². The van der Waals surface area contributed by atoms with E-state index >= 15 is 0 Å². The Labute approximate surface area is 183 Å². The molecule has 0 heterocycles. The summed E-state index contributed by atoms with van der Waals surface area (Å²) in [7, 11) is 0. The van der Waals surface area contributed by atoms with E-state index in [4.69, 9.17) is 4.74 Å². The summed E-state index contributed by atoms with van der Waals surface area (Å²) in [6, 6.07) is 24.3. The number of carbonyl (C=O) groups excluding carboxylic acids is 2. The molecule has 3 rings (SSSR count). The lowest BCUT2D eigenvalue weighted by atomic mass is 10.2. The van der Waals surface area contributed by atoms with Gasteiger partial charge in [0.15, 0.2) is 0 Å². The van der Waals surface area contributed by atoms with Crippen LogP contribution in [0.4, 0.5) is 0 Å². The van der Waals surface area contributed by atoms with Gasteiger partial charge in [0.1, 0.15) is 12.4 Å². The van der Waals surface area contributed by atoms with Gasteiger partial charge >= 0.3 is 0 Å². The second kappa shape index (κ2) is 10.9. The molecule has 0 bridgehead atoms. The van der Waals surface area contributed by atoms with E-state index < -0.39 is 5.91 Å². The molecule has 0 aromatic heterocycles. The number of hydrazone groups is 1. The number of benzene rings is 3. The fourth-order valence-corrected chi connectivity index (χ4v) is 2.98. The van der Waals surface area contributed by atoms with E-state index in [9.17, 15) is 9.59 Å². The molecule has 6 nitrogen and oxygen atoms in total. The monoisotopic (exact) mass is 465 g/mol. The maximum atomic E-state index is 12.1. The van der Waals surface area contributed by atoms with Crippen LogP contribution in [0.5, 0.6) is 5.75 Å². The third-order valence-electron chi connectivity index (χ3n) is 4.06. The van der Waals surface area contributed by atoms with Gasteiger partial charge < -0.3 is 10.1 Å². The zero-order valence-electron chi connectivity index (χ0n) is 16.0. The number of nitrogens with zero attached hydrogens (tertiary/aromatic N) is 1. The standard InChI is InChI=1S/C23H20BrN3O3/c24-21-9-5-4-8-20(21)23(29)25-15-22(28)27-26-14-17-10-12-19(13-11-17)30-16-18-6-2-1-3-7-18/h1-14H,15-16H2,(H,25,29)(H,27,28)/b26-14-. The summed E-state index contributed by atoms with van der Waals surface area (Å²) in [5.74, 6) is -0.0167. The van der Waals surface area contributed by atoms with Crippen molar-refractivity contribution in [3.63, 3.8) is 0 Å². The second-order valence-electron chi connectivity index (χ2n) is 6.30. The van der Waals surface area contributed by atoms with E-state index in [-0.39, 0.29) is 12.5 Å². The third kappa shape index (κ3) is 6.56. The van der Waals surface area contributed by atoms with Crippen LogP contribution in [-0.4, -0.2) is 24.6 Å². The maximum Gasteiger partial charge on any atom is 0.259 e. The molecule has 0 spiro atoms. The molecule has 152 valence electrons. The Morgan fingerprint density at radius 2 is 1.63 bits per heavy atom. The van der Waals surface area contributed by atoms with Crippen LogP contribution >= 0.6 is 15.9 Å². The average molecular weight is 466 g/mol. The SMILES string of the molecule is O=C(CNC(=O)c1ccccc1Br)N/N=C\c1ccc(OCc2ccccc2)cc1. The topological polar surface area (TPSA) is 79.8 Å². The van der Waals surface area contributed by atoms with Gasteiger partial charge in [0.25, 0.3) is 11.8 Å². The van der Waals surface area contributed by atoms with Gasteiger partial charge in [0.2, 0.25) is 0 Å². The highest BCUT2D eigenvalue weighted by Gasteiger charge is 2.10. The van der Waals surface area contributed by atoms with Crippen molar-refractivity contribution >= 4 is 34.0 Å². The first-order valence-corrected chi connectivity index (χ1v) is 10.0. The molecule has 0 fully saturated rings. The van der Waals surface area contributed by atoms with Gasteiger partial charge in [-0.3, -0.25) is 9.59 Å². The van der Waals surface area contributed by atoms with Gasteiger partial charge in [0, 0.05) is 4.47 Å². The van der Waals surface area contributed by atoms with Crippen LogP contribution in [0, 0.1) is 0 Å². The van der Waals surface area contributed by atoms with Crippen LogP contribution in [-0.2, 0) is 11.4 Å². The zero-order valence-corrected chi connectivity index (χ0v) is 17.6. The van der Waals surface area contributed by atoms with Crippen LogP contribution in [0.2, 0.25) is 0 Å². The highest BCUT2D eigenvalue weighted by Crippen LogP contribution is 2.15. The number of ether oxygens (including phenoxy) is 1. The van der Waals surface area contributed by atoms with Crippen LogP contribution < -0.4 is 15.5 Å². The van der Waals surface area contributed by atoms with Gasteiger partial charge in [-0.25, -0.2) is 5.43 Å². The number of amides is 2. The third-order valence-corrected chi connectivity index (χ3v) is 4.75. The second-order valence-corrected chi connectivity index (χ2v) is 7.15. The number of nitrogens with one attached hydrogen (secondary N) is 2. The summed E-state index contributed by atoms with van der Waals surface area (Å²) < 4.78 is 6.40. The molecular formula is C23H20BrN3O3. The fourth-order valence-electron chi connectivity index (χ4n) is 2.51. The lowest BCUT2D eigenvalue weighted by molar-refractivity contribution is -0.120. The molecule has 30 heavy (non-hydrogen) atoms.